The van der Waals surface area contributed by atoms with E-state index in [1.807, 2.05) is 19.1 Å². The number of amides is 2. The molecule has 0 spiro atoms. The summed E-state index contributed by atoms with van der Waals surface area (Å²) in [5, 5.41) is 13.2. The van der Waals surface area contributed by atoms with E-state index in [0.29, 0.717) is 11.5 Å². The molecule has 3 aromatic rings. The quantitative estimate of drug-likeness (QED) is 0.650. The van der Waals surface area contributed by atoms with Crippen LogP contribution in [0.25, 0.3) is 11.0 Å². The Bertz CT molecular complexity index is 954. The number of nitrogens with one attached hydrogen (secondary N) is 3. The summed E-state index contributed by atoms with van der Waals surface area (Å²) >= 11 is 0. The second kappa shape index (κ2) is 6.00. The van der Waals surface area contributed by atoms with Crippen molar-refractivity contribution in [2.75, 3.05) is 10.6 Å². The molecule has 1 aliphatic rings. The van der Waals surface area contributed by atoms with Crippen molar-refractivity contribution in [3.05, 3.63) is 30.2 Å². The van der Waals surface area contributed by atoms with Crippen LogP contribution in [0, 0.1) is 12.8 Å². The molecule has 2 aromatic heterocycles. The number of nitrogens with zero attached hydrogens (tertiary/aromatic N) is 4. The normalized spacial score (nSPS) is 13.8. The molecule has 3 N–H and O–H groups in total. The summed E-state index contributed by atoms with van der Waals surface area (Å²) in [5.74, 6) is 0.996. The molecule has 4 rings (SSSR count). The highest BCUT2D eigenvalue weighted by Gasteiger charge is 2.30. The van der Waals surface area contributed by atoms with E-state index in [4.69, 9.17) is 0 Å². The highest BCUT2D eigenvalue weighted by molar-refractivity contribution is 5.94. The third kappa shape index (κ3) is 3.49. The van der Waals surface area contributed by atoms with Gasteiger partial charge in [0.15, 0.2) is 5.82 Å². The summed E-state index contributed by atoms with van der Waals surface area (Å²) in [4.78, 5) is 31.3. The first-order valence-electron chi connectivity index (χ1n) is 8.04. The summed E-state index contributed by atoms with van der Waals surface area (Å²) < 4.78 is 1.39. The van der Waals surface area contributed by atoms with Crippen molar-refractivity contribution < 1.29 is 9.59 Å². The number of imidazole rings is 1. The molecular formula is C16H17N7O2. The molecule has 1 aliphatic carbocycles. The van der Waals surface area contributed by atoms with Crippen molar-refractivity contribution in [3.8, 4) is 0 Å². The minimum atomic E-state index is -0.236. The Labute approximate surface area is 142 Å². The molecule has 2 amide bonds. The maximum atomic E-state index is 12.2. The predicted molar refractivity (Wildman–Crippen MR) is 90.8 cm³/mol. The van der Waals surface area contributed by atoms with Gasteiger partial charge in [-0.2, -0.15) is 0 Å². The number of aryl methyl sites for hydroxylation is 1. The summed E-state index contributed by atoms with van der Waals surface area (Å²) in [6.07, 6.45) is 3.38. The molecule has 0 bridgehead atoms. The van der Waals surface area contributed by atoms with Crippen LogP contribution >= 0.6 is 0 Å². The number of anilines is 2. The number of hydrogen-bond donors (Lipinski definition) is 3. The molecule has 2 heterocycles. The Balaban J connectivity index is 1.37. The van der Waals surface area contributed by atoms with E-state index < -0.39 is 0 Å². The van der Waals surface area contributed by atoms with Crippen molar-refractivity contribution in [2.24, 2.45) is 5.92 Å². The van der Waals surface area contributed by atoms with Gasteiger partial charge in [-0.15, -0.1) is 5.10 Å². The Morgan fingerprint density at radius 2 is 2.16 bits per heavy atom. The first-order chi connectivity index (χ1) is 12.1. The van der Waals surface area contributed by atoms with E-state index in [-0.39, 0.29) is 24.3 Å². The molecule has 9 nitrogen and oxygen atoms in total. The van der Waals surface area contributed by atoms with Crippen molar-refractivity contribution >= 4 is 34.4 Å². The minimum absolute atomic E-state index is 0.00629. The SMILES string of the molecule is Cc1nc2ccc(NC(=O)Cn3cc(NC(=O)C4CC4)nn3)cc2[nH]1. The van der Waals surface area contributed by atoms with E-state index in [1.165, 1.54) is 4.68 Å². The lowest BCUT2D eigenvalue weighted by Crippen LogP contribution is -2.19. The second-order valence-corrected chi connectivity index (χ2v) is 6.17. The van der Waals surface area contributed by atoms with Crippen LogP contribution in [0.5, 0.6) is 0 Å². The molecule has 1 fully saturated rings. The largest absolute Gasteiger partial charge is 0.342 e. The third-order valence-corrected chi connectivity index (χ3v) is 3.93. The fourth-order valence-corrected chi connectivity index (χ4v) is 2.57. The Kier molecular flexibility index (Phi) is 3.68. The van der Waals surface area contributed by atoms with Crippen LogP contribution < -0.4 is 10.6 Å². The van der Waals surface area contributed by atoms with E-state index in [2.05, 4.69) is 30.9 Å². The van der Waals surface area contributed by atoms with Crippen LogP contribution in [-0.2, 0) is 16.1 Å². The van der Waals surface area contributed by atoms with Crippen LogP contribution in [0.4, 0.5) is 11.5 Å². The van der Waals surface area contributed by atoms with Crippen LogP contribution in [-0.4, -0.2) is 36.8 Å². The number of fused-ring (bicyclic) bond motifs is 1. The molecule has 1 aromatic carbocycles. The van der Waals surface area contributed by atoms with Gasteiger partial charge in [-0.25, -0.2) is 9.67 Å². The zero-order valence-electron chi connectivity index (χ0n) is 13.6. The highest BCUT2D eigenvalue weighted by Crippen LogP contribution is 2.29. The number of rotatable bonds is 5. The van der Waals surface area contributed by atoms with Gasteiger partial charge in [-0.05, 0) is 38.0 Å². The standard InChI is InChI=1S/C16H17N7O2/c1-9-17-12-5-4-11(6-13(12)18-9)19-15(24)8-23-7-14(21-22-23)20-16(25)10-2-3-10/h4-7,10H,2-3,8H2,1H3,(H,17,18)(H,19,24)(H,20,25). The van der Waals surface area contributed by atoms with Crippen molar-refractivity contribution in [1.82, 2.24) is 25.0 Å². The summed E-state index contributed by atoms with van der Waals surface area (Å²) in [5.41, 5.74) is 2.38. The van der Waals surface area contributed by atoms with Gasteiger partial charge < -0.3 is 15.6 Å². The lowest BCUT2D eigenvalue weighted by Gasteiger charge is -2.04. The Hall–Kier alpha value is -3.23. The Morgan fingerprint density at radius 3 is 2.96 bits per heavy atom. The van der Waals surface area contributed by atoms with E-state index >= 15 is 0 Å². The number of hydrogen-bond acceptors (Lipinski definition) is 5. The molecule has 1 saturated carbocycles. The van der Waals surface area contributed by atoms with Crippen molar-refractivity contribution in [1.29, 1.82) is 0 Å². The third-order valence-electron chi connectivity index (χ3n) is 3.93. The number of benzene rings is 1. The first kappa shape index (κ1) is 15.3. The molecule has 0 radical (unpaired) electrons. The fraction of sp³-hybridized carbons (Fsp3) is 0.312. The van der Waals surface area contributed by atoms with Gasteiger partial charge in [-0.1, -0.05) is 5.21 Å². The average molecular weight is 339 g/mol. The van der Waals surface area contributed by atoms with Gasteiger partial charge in [0, 0.05) is 11.6 Å². The average Bonchev–Trinajstić information content (AvgIpc) is 3.23. The monoisotopic (exact) mass is 339 g/mol. The molecule has 128 valence electrons. The molecule has 0 unspecified atom stereocenters. The predicted octanol–water partition coefficient (Wildman–Crippen LogP) is 1.45. The van der Waals surface area contributed by atoms with Gasteiger partial charge in [0.1, 0.15) is 12.4 Å². The molecule has 0 aliphatic heterocycles. The van der Waals surface area contributed by atoms with Gasteiger partial charge in [-0.3, -0.25) is 9.59 Å². The second-order valence-electron chi connectivity index (χ2n) is 6.17. The van der Waals surface area contributed by atoms with Crippen molar-refractivity contribution in [2.45, 2.75) is 26.3 Å². The van der Waals surface area contributed by atoms with E-state index in [1.54, 1.807) is 12.3 Å². The smallest absolute Gasteiger partial charge is 0.246 e. The van der Waals surface area contributed by atoms with Crippen LogP contribution in [0.3, 0.4) is 0 Å². The fourth-order valence-electron chi connectivity index (χ4n) is 2.57. The van der Waals surface area contributed by atoms with E-state index in [9.17, 15) is 9.59 Å². The Morgan fingerprint density at radius 1 is 1.32 bits per heavy atom. The lowest BCUT2D eigenvalue weighted by molar-refractivity contribution is -0.117. The molecular weight excluding hydrogens is 322 g/mol. The van der Waals surface area contributed by atoms with Gasteiger partial charge in [0.2, 0.25) is 11.8 Å². The number of carbonyl (C=O) groups is 2. The summed E-state index contributed by atoms with van der Waals surface area (Å²) in [6, 6.07) is 5.47. The lowest BCUT2D eigenvalue weighted by atomic mass is 10.3. The number of H-pyrrole nitrogens is 1. The van der Waals surface area contributed by atoms with Gasteiger partial charge in [0.25, 0.3) is 0 Å². The van der Waals surface area contributed by atoms with Crippen LogP contribution in [0.2, 0.25) is 0 Å². The van der Waals surface area contributed by atoms with Gasteiger partial charge in [0.05, 0.1) is 17.2 Å². The minimum Gasteiger partial charge on any atom is -0.342 e. The molecule has 0 atom stereocenters. The maximum absolute atomic E-state index is 12.2. The first-order valence-corrected chi connectivity index (χ1v) is 8.04. The maximum Gasteiger partial charge on any atom is 0.246 e. The van der Waals surface area contributed by atoms with Crippen LogP contribution in [0.15, 0.2) is 24.4 Å². The summed E-state index contributed by atoms with van der Waals surface area (Å²) in [7, 11) is 0. The number of aromatic nitrogens is 5. The number of aromatic amines is 1. The van der Waals surface area contributed by atoms with Crippen LogP contribution in [0.1, 0.15) is 18.7 Å². The number of carbonyl (C=O) groups excluding carboxylic acids is 2. The zero-order valence-corrected chi connectivity index (χ0v) is 13.6. The summed E-state index contributed by atoms with van der Waals surface area (Å²) in [6.45, 7) is 1.88. The van der Waals surface area contributed by atoms with E-state index in [0.717, 1.165) is 29.7 Å². The molecule has 25 heavy (non-hydrogen) atoms. The van der Waals surface area contributed by atoms with Gasteiger partial charge >= 0.3 is 0 Å². The molecule has 9 heteroatoms. The van der Waals surface area contributed by atoms with Crippen molar-refractivity contribution in [3.63, 3.8) is 0 Å². The molecule has 0 saturated heterocycles. The zero-order chi connectivity index (χ0) is 17.4. The topological polar surface area (TPSA) is 118 Å². The highest BCUT2D eigenvalue weighted by atomic mass is 16.2.